The second kappa shape index (κ2) is 5.51. The molecule has 0 saturated heterocycles. The number of nitrogens with one attached hydrogen (secondary N) is 1. The monoisotopic (exact) mass is 241 g/mol. The summed E-state index contributed by atoms with van der Waals surface area (Å²) < 4.78 is 4.30. The Kier molecular flexibility index (Phi) is 4.31. The van der Waals surface area contributed by atoms with E-state index in [1.54, 1.807) is 31.2 Å². The number of rotatable bonds is 2. The summed E-state index contributed by atoms with van der Waals surface area (Å²) in [6.07, 6.45) is 0. The van der Waals surface area contributed by atoms with Crippen LogP contribution in [-0.2, 0) is 14.3 Å². The SMILES string of the molecule is COC(=O)C(=O)NC(C)c1ccc(Cl)cc1. The smallest absolute Gasteiger partial charge is 0.396 e. The Balaban J connectivity index is 2.65. The molecule has 0 radical (unpaired) electrons. The van der Waals surface area contributed by atoms with Gasteiger partial charge in [0.05, 0.1) is 13.2 Å². The zero-order chi connectivity index (χ0) is 12.1. The van der Waals surface area contributed by atoms with Gasteiger partial charge in [-0.05, 0) is 24.6 Å². The van der Waals surface area contributed by atoms with Gasteiger partial charge in [-0.3, -0.25) is 4.79 Å². The number of hydrogen-bond donors (Lipinski definition) is 1. The van der Waals surface area contributed by atoms with E-state index in [0.717, 1.165) is 12.7 Å². The van der Waals surface area contributed by atoms with Crippen LogP contribution in [0.25, 0.3) is 0 Å². The number of amides is 1. The van der Waals surface area contributed by atoms with Crippen LogP contribution in [0.1, 0.15) is 18.5 Å². The van der Waals surface area contributed by atoms with Gasteiger partial charge in [-0.1, -0.05) is 23.7 Å². The Bertz CT molecular complexity index is 389. The minimum atomic E-state index is -0.902. The number of ether oxygens (including phenoxy) is 1. The summed E-state index contributed by atoms with van der Waals surface area (Å²) in [6, 6.07) is 6.73. The summed E-state index contributed by atoms with van der Waals surface area (Å²) in [5.41, 5.74) is 0.863. The third-order valence-corrected chi connectivity index (χ3v) is 2.34. The minimum absolute atomic E-state index is 0.274. The van der Waals surface area contributed by atoms with E-state index in [1.807, 2.05) is 0 Å². The largest absolute Gasteiger partial charge is 0.462 e. The molecule has 4 nitrogen and oxygen atoms in total. The molecule has 1 unspecified atom stereocenters. The highest BCUT2D eigenvalue weighted by Gasteiger charge is 2.16. The van der Waals surface area contributed by atoms with Crippen LogP contribution >= 0.6 is 11.6 Å². The van der Waals surface area contributed by atoms with Gasteiger partial charge in [-0.2, -0.15) is 0 Å². The highest BCUT2D eigenvalue weighted by molar-refractivity contribution is 6.32. The lowest BCUT2D eigenvalue weighted by Gasteiger charge is -2.13. The molecule has 5 heteroatoms. The van der Waals surface area contributed by atoms with Crippen molar-refractivity contribution >= 4 is 23.5 Å². The molecule has 1 rings (SSSR count). The fraction of sp³-hybridized carbons (Fsp3) is 0.273. The maximum atomic E-state index is 11.2. The molecule has 0 aromatic heterocycles. The zero-order valence-corrected chi connectivity index (χ0v) is 9.75. The molecule has 1 aromatic rings. The summed E-state index contributed by atoms with van der Waals surface area (Å²) in [7, 11) is 1.16. The highest BCUT2D eigenvalue weighted by Crippen LogP contribution is 2.15. The number of benzene rings is 1. The number of carbonyl (C=O) groups excluding carboxylic acids is 2. The van der Waals surface area contributed by atoms with E-state index in [0.29, 0.717) is 5.02 Å². The second-order valence-electron chi connectivity index (χ2n) is 3.24. The first kappa shape index (κ1) is 12.5. The fourth-order valence-corrected chi connectivity index (χ4v) is 1.31. The Hall–Kier alpha value is -1.55. The molecule has 0 spiro atoms. The molecule has 0 fully saturated rings. The van der Waals surface area contributed by atoms with Crippen molar-refractivity contribution in [3.05, 3.63) is 34.9 Å². The Morgan fingerprint density at radius 2 is 1.88 bits per heavy atom. The highest BCUT2D eigenvalue weighted by atomic mass is 35.5. The molecule has 0 heterocycles. The molecule has 1 amide bonds. The summed E-state index contributed by atoms with van der Waals surface area (Å²) in [5, 5.41) is 3.13. The third kappa shape index (κ3) is 3.24. The summed E-state index contributed by atoms with van der Waals surface area (Å²) >= 11 is 5.73. The van der Waals surface area contributed by atoms with Gasteiger partial charge in [0.25, 0.3) is 0 Å². The minimum Gasteiger partial charge on any atom is -0.462 e. The van der Waals surface area contributed by atoms with Crippen LogP contribution in [0.15, 0.2) is 24.3 Å². The number of halogens is 1. The van der Waals surface area contributed by atoms with Crippen molar-refractivity contribution in [1.29, 1.82) is 0 Å². The van der Waals surface area contributed by atoms with Gasteiger partial charge in [0.15, 0.2) is 0 Å². The number of carbonyl (C=O) groups is 2. The van der Waals surface area contributed by atoms with E-state index in [-0.39, 0.29) is 6.04 Å². The standard InChI is InChI=1S/C11H12ClNO3/c1-7(13-10(14)11(15)16-2)8-3-5-9(12)6-4-8/h3-7H,1-2H3,(H,13,14). The van der Waals surface area contributed by atoms with Crippen LogP contribution in [-0.4, -0.2) is 19.0 Å². The van der Waals surface area contributed by atoms with Gasteiger partial charge < -0.3 is 10.1 Å². The van der Waals surface area contributed by atoms with Crippen molar-refractivity contribution < 1.29 is 14.3 Å². The average Bonchev–Trinajstić information content (AvgIpc) is 2.28. The fourth-order valence-electron chi connectivity index (χ4n) is 1.18. The Labute approximate surface area is 98.5 Å². The molecule has 0 aliphatic heterocycles. The van der Waals surface area contributed by atoms with E-state index in [9.17, 15) is 9.59 Å². The van der Waals surface area contributed by atoms with Crippen LogP contribution in [0.3, 0.4) is 0 Å². The van der Waals surface area contributed by atoms with Gasteiger partial charge in [-0.25, -0.2) is 4.79 Å². The molecular weight excluding hydrogens is 230 g/mol. The second-order valence-corrected chi connectivity index (χ2v) is 3.67. The van der Waals surface area contributed by atoms with E-state index in [2.05, 4.69) is 10.1 Å². The van der Waals surface area contributed by atoms with Gasteiger partial charge in [0.2, 0.25) is 0 Å². The Morgan fingerprint density at radius 3 is 2.38 bits per heavy atom. The zero-order valence-electron chi connectivity index (χ0n) is 8.99. The summed E-state index contributed by atoms with van der Waals surface area (Å²) in [4.78, 5) is 22.1. The molecule has 0 saturated carbocycles. The predicted octanol–water partition coefficient (Wildman–Crippen LogP) is 1.69. The van der Waals surface area contributed by atoms with Crippen molar-refractivity contribution in [2.75, 3.05) is 7.11 Å². The normalized spacial score (nSPS) is 11.7. The first-order valence-electron chi connectivity index (χ1n) is 4.69. The quantitative estimate of drug-likeness (QED) is 0.633. The van der Waals surface area contributed by atoms with Gasteiger partial charge in [0, 0.05) is 5.02 Å². The first-order valence-corrected chi connectivity index (χ1v) is 5.06. The van der Waals surface area contributed by atoms with Crippen LogP contribution in [0.5, 0.6) is 0 Å². The average molecular weight is 242 g/mol. The molecule has 0 bridgehead atoms. The van der Waals surface area contributed by atoms with Crippen molar-refractivity contribution in [3.63, 3.8) is 0 Å². The molecule has 0 aliphatic rings. The molecule has 1 N–H and O–H groups in total. The lowest BCUT2D eigenvalue weighted by Crippen LogP contribution is -2.33. The van der Waals surface area contributed by atoms with Gasteiger partial charge in [-0.15, -0.1) is 0 Å². The van der Waals surface area contributed by atoms with E-state index < -0.39 is 11.9 Å². The van der Waals surface area contributed by atoms with Crippen molar-refractivity contribution in [2.45, 2.75) is 13.0 Å². The number of hydrogen-bond acceptors (Lipinski definition) is 3. The molecular formula is C11H12ClNO3. The predicted molar refractivity (Wildman–Crippen MR) is 60.0 cm³/mol. The number of methoxy groups -OCH3 is 1. The molecule has 16 heavy (non-hydrogen) atoms. The van der Waals surface area contributed by atoms with Crippen LogP contribution in [0.2, 0.25) is 5.02 Å². The van der Waals surface area contributed by atoms with E-state index >= 15 is 0 Å². The number of esters is 1. The van der Waals surface area contributed by atoms with Gasteiger partial charge in [0.1, 0.15) is 0 Å². The lowest BCUT2D eigenvalue weighted by molar-refractivity contribution is -0.153. The maximum absolute atomic E-state index is 11.2. The summed E-state index contributed by atoms with van der Waals surface area (Å²) in [5.74, 6) is -1.66. The molecule has 1 atom stereocenters. The molecule has 0 aliphatic carbocycles. The lowest BCUT2D eigenvalue weighted by atomic mass is 10.1. The first-order chi connectivity index (χ1) is 7.54. The van der Waals surface area contributed by atoms with Crippen molar-refractivity contribution in [3.8, 4) is 0 Å². The topological polar surface area (TPSA) is 55.4 Å². The van der Waals surface area contributed by atoms with Crippen LogP contribution in [0.4, 0.5) is 0 Å². The van der Waals surface area contributed by atoms with Crippen molar-refractivity contribution in [2.24, 2.45) is 0 Å². The molecule has 86 valence electrons. The third-order valence-electron chi connectivity index (χ3n) is 2.09. The van der Waals surface area contributed by atoms with E-state index in [4.69, 9.17) is 11.6 Å². The van der Waals surface area contributed by atoms with Crippen LogP contribution < -0.4 is 5.32 Å². The van der Waals surface area contributed by atoms with Crippen molar-refractivity contribution in [1.82, 2.24) is 5.32 Å². The Morgan fingerprint density at radius 1 is 1.31 bits per heavy atom. The summed E-state index contributed by atoms with van der Waals surface area (Å²) in [6.45, 7) is 1.77. The molecule has 1 aromatic carbocycles. The van der Waals surface area contributed by atoms with Crippen LogP contribution in [0, 0.1) is 0 Å². The van der Waals surface area contributed by atoms with Gasteiger partial charge >= 0.3 is 11.9 Å². The van der Waals surface area contributed by atoms with E-state index in [1.165, 1.54) is 0 Å². The maximum Gasteiger partial charge on any atom is 0.396 e.